The molecule has 8 heterocycles. The van der Waals surface area contributed by atoms with E-state index in [1.54, 1.807) is 110 Å². The number of hydrogen-bond acceptors (Lipinski definition) is 11. The van der Waals surface area contributed by atoms with Crippen LogP contribution in [0.4, 0.5) is 61.4 Å². The van der Waals surface area contributed by atoms with Gasteiger partial charge in [0.15, 0.2) is 34.1 Å². The number of imidazole rings is 4. The number of aromatic nitrogens is 8. The molecule has 4 aromatic carbocycles. The molecule has 8 aromatic rings. The van der Waals surface area contributed by atoms with Crippen LogP contribution in [0.3, 0.4) is 0 Å². The maximum atomic E-state index is 13.2. The Labute approximate surface area is 594 Å². The van der Waals surface area contributed by atoms with E-state index in [1.165, 1.54) is 40.0 Å². The standard InChI is InChI=1S/C19H19F3N4O2.C16H17F3N4O.C16H16N4O.C14H11F3N4.C2H3ClO.CH4.2ClH/c1-18(2,3)28-17(27)25-9-14(10-25)26-11-15(19(20,21)22)24-16(26)12-5-7-13(23-4)8-6-12;1-10(24)22-7-13(8-22)23-9-14(16(17,18)19)21-15(23)12-4-2-11(6-20)3-5-12;1-11-8-20(15-9-19(10-15)12(2)21)16(18-11)13-4-6-14(17-3)7-5-13;1-18-10-4-2-9(3-5-10)13-20-12(14(15,16)17)8-21(13)11-6-19-7-11;1-2(3)4;;;/h5-8,11,14H,9-10H2,1-3H3;2-5,9,13H,6-8,20H2,1H3;4-8,15H,9-10H2,1-2H3;2-5,8,11,19H,6-7H2;1H3;1H4;2*1H. The molecule has 4 saturated heterocycles. The van der Waals surface area contributed by atoms with Gasteiger partial charge in [0.1, 0.15) is 28.9 Å². The minimum Gasteiger partial charge on any atom is -0.444 e. The van der Waals surface area contributed by atoms with Gasteiger partial charge in [-0.3, -0.25) is 14.4 Å². The topological polar surface area (TPSA) is 210 Å². The summed E-state index contributed by atoms with van der Waals surface area (Å²) in [4.78, 5) is 74.6. The maximum absolute atomic E-state index is 13.2. The molecule has 0 aliphatic carbocycles. The van der Waals surface area contributed by atoms with Gasteiger partial charge in [-0.1, -0.05) is 104 Å². The number of benzene rings is 4. The van der Waals surface area contributed by atoms with Crippen LogP contribution in [0.15, 0.2) is 122 Å². The molecule has 0 spiro atoms. The molecule has 101 heavy (non-hydrogen) atoms. The highest BCUT2D eigenvalue weighted by Gasteiger charge is 2.42. The van der Waals surface area contributed by atoms with Crippen molar-refractivity contribution in [3.63, 3.8) is 0 Å². The molecule has 4 aliphatic heterocycles. The molecule has 0 saturated carbocycles. The second-order valence-electron chi connectivity index (χ2n) is 24.0. The fraction of sp³-hybridized carbons (Fsp3) is 0.368. The largest absolute Gasteiger partial charge is 0.444 e. The molecule has 12 rings (SSSR count). The van der Waals surface area contributed by atoms with Crippen LogP contribution in [0, 0.1) is 26.6 Å². The van der Waals surface area contributed by atoms with Crippen molar-refractivity contribution in [3.05, 3.63) is 184 Å². The average Bonchev–Trinajstić information content (AvgIpc) is 1.56. The van der Waals surface area contributed by atoms with Crippen molar-refractivity contribution >= 4 is 76.6 Å². The summed E-state index contributed by atoms with van der Waals surface area (Å²) in [5.74, 6) is 1.61. The molecule has 3 N–H and O–H groups in total. The molecule has 4 aromatic heterocycles. The van der Waals surface area contributed by atoms with E-state index >= 15 is 0 Å². The number of amides is 3. The van der Waals surface area contributed by atoms with Crippen molar-refractivity contribution in [2.45, 2.75) is 111 Å². The Morgan fingerprint density at radius 3 is 1.04 bits per heavy atom. The van der Waals surface area contributed by atoms with Crippen molar-refractivity contribution in [3.8, 4) is 45.6 Å². The van der Waals surface area contributed by atoms with Crippen LogP contribution in [0.2, 0.25) is 0 Å². The molecule has 4 aliphatic rings. The lowest BCUT2D eigenvalue weighted by atomic mass is 10.1. The van der Waals surface area contributed by atoms with E-state index in [4.69, 9.17) is 30.2 Å². The molecule has 21 nitrogen and oxygen atoms in total. The highest BCUT2D eigenvalue weighted by molar-refractivity contribution is 6.62. The molecule has 4 fully saturated rings. The molecular formula is C68H72Cl3F9N16O5. The Kier molecular flexibility index (Phi) is 27.6. The van der Waals surface area contributed by atoms with Gasteiger partial charge in [-0.15, -0.1) is 24.8 Å². The Balaban J connectivity index is 0.000000237. The van der Waals surface area contributed by atoms with Gasteiger partial charge in [0.05, 0.1) is 49.6 Å². The zero-order valence-electron chi connectivity index (χ0n) is 54.7. The van der Waals surface area contributed by atoms with Crippen LogP contribution < -0.4 is 11.1 Å². The number of alkyl halides is 9. The summed E-state index contributed by atoms with van der Waals surface area (Å²) in [6.07, 6.45) is -8.98. The first-order chi connectivity index (χ1) is 46.1. The minimum absolute atomic E-state index is 0. The number of nitrogens with zero attached hydrogens (tertiary/aromatic N) is 14. The molecule has 0 radical (unpaired) electrons. The molecular weight excluding hydrogens is 1400 g/mol. The Bertz CT molecular complexity index is 4270. The quantitative estimate of drug-likeness (QED) is 0.0789. The lowest BCUT2D eigenvalue weighted by Crippen LogP contribution is -2.52. The van der Waals surface area contributed by atoms with E-state index in [0.717, 1.165) is 54.3 Å². The molecule has 538 valence electrons. The highest BCUT2D eigenvalue weighted by Crippen LogP contribution is 2.39. The van der Waals surface area contributed by atoms with Crippen LogP contribution in [-0.4, -0.2) is 134 Å². The van der Waals surface area contributed by atoms with Gasteiger partial charge in [-0.25, -0.2) is 39.3 Å². The van der Waals surface area contributed by atoms with Crippen LogP contribution in [-0.2, 0) is 44.2 Å². The monoisotopic (exact) mass is 1470 g/mol. The van der Waals surface area contributed by atoms with Crippen LogP contribution in [0.5, 0.6) is 0 Å². The third-order valence-electron chi connectivity index (χ3n) is 15.6. The summed E-state index contributed by atoms with van der Waals surface area (Å²) in [6, 6.07) is 26.7. The van der Waals surface area contributed by atoms with E-state index in [2.05, 4.69) is 56.0 Å². The van der Waals surface area contributed by atoms with Crippen molar-refractivity contribution in [2.24, 2.45) is 5.73 Å². The van der Waals surface area contributed by atoms with Crippen LogP contribution in [0.25, 0.3) is 60.1 Å². The van der Waals surface area contributed by atoms with Crippen molar-refractivity contribution in [1.82, 2.24) is 58.2 Å². The molecule has 3 amide bonds. The average molecular weight is 1470 g/mol. The molecule has 0 bridgehead atoms. The van der Waals surface area contributed by atoms with E-state index < -0.39 is 47.3 Å². The highest BCUT2D eigenvalue weighted by atomic mass is 35.5. The van der Waals surface area contributed by atoms with E-state index in [1.807, 2.05) is 30.2 Å². The van der Waals surface area contributed by atoms with Gasteiger partial charge in [0.25, 0.3) is 0 Å². The number of nitrogens with one attached hydrogen (secondary N) is 1. The molecule has 0 atom stereocenters. The van der Waals surface area contributed by atoms with Gasteiger partial charge in [0, 0.05) is 127 Å². The summed E-state index contributed by atoms with van der Waals surface area (Å²) in [7, 11) is 0. The first-order valence-electron chi connectivity index (χ1n) is 30.2. The molecule has 33 heteroatoms. The smallest absolute Gasteiger partial charge is 0.434 e. The SMILES string of the molecule is C.CC(=O)Cl.CC(=O)N1CC(n2cc(C(F)(F)F)nc2-c2ccc(CN)cc2)C1.Cl.Cl.[C-]#[N+]c1ccc(-c2nc(C(F)(F)F)cn2C2CN(C(=O)OC(C)(C)C)C2)cc1.[C-]#[N+]c1ccc(-c2nc(C(F)(F)F)cn2C2CNC2)cc1.[C-]#[N+]c1ccc(-c2nc(C)cn2C2CN(C(C)=O)C2)cc1. The normalized spacial score (nSPS) is 14.4. The summed E-state index contributed by atoms with van der Waals surface area (Å²) < 4.78 is 129. The number of ether oxygens (including phenoxy) is 1. The fourth-order valence-electron chi connectivity index (χ4n) is 10.3. The first kappa shape index (κ1) is 81.9. The van der Waals surface area contributed by atoms with E-state index in [9.17, 15) is 58.7 Å². The minimum atomic E-state index is -4.58. The maximum Gasteiger partial charge on any atom is 0.434 e. The Hall–Kier alpha value is -9.77. The second kappa shape index (κ2) is 34.1. The predicted octanol–water partition coefficient (Wildman–Crippen LogP) is 15.7. The van der Waals surface area contributed by atoms with E-state index in [-0.39, 0.29) is 104 Å². The number of nitrogens with two attached hydrogens (primary N) is 1. The van der Waals surface area contributed by atoms with Gasteiger partial charge in [-0.05, 0) is 44.9 Å². The van der Waals surface area contributed by atoms with E-state index in [0.29, 0.717) is 66.5 Å². The number of carbonyl (C=O) groups is 4. The second-order valence-corrected chi connectivity index (χ2v) is 24.6. The number of likely N-dealkylation sites (tertiary alicyclic amines) is 3. The van der Waals surface area contributed by atoms with Gasteiger partial charge >= 0.3 is 24.6 Å². The first-order valence-corrected chi connectivity index (χ1v) is 30.6. The van der Waals surface area contributed by atoms with Gasteiger partial charge < -0.3 is 48.8 Å². The number of aryl methyl sites for hydroxylation is 1. The Morgan fingerprint density at radius 1 is 0.505 bits per heavy atom. The Morgan fingerprint density at radius 2 is 0.782 bits per heavy atom. The predicted molar refractivity (Wildman–Crippen MR) is 366 cm³/mol. The molecule has 0 unspecified atom stereocenters. The number of carbonyl (C=O) groups excluding carboxylic acids is 4. The lowest BCUT2D eigenvalue weighted by molar-refractivity contribution is -0.141. The number of rotatable bonds is 9. The summed E-state index contributed by atoms with van der Waals surface area (Å²) in [5, 5.41) is 2.67. The van der Waals surface area contributed by atoms with Gasteiger partial charge in [0.2, 0.25) is 17.1 Å². The third kappa shape index (κ3) is 20.9. The zero-order valence-corrected chi connectivity index (χ0v) is 57.1. The summed E-state index contributed by atoms with van der Waals surface area (Å²) in [5.41, 5.74) is 8.02. The number of hydrogen-bond donors (Lipinski definition) is 2. The zero-order chi connectivity index (χ0) is 71.8. The van der Waals surface area contributed by atoms with Crippen molar-refractivity contribution in [2.75, 3.05) is 52.4 Å². The van der Waals surface area contributed by atoms with Gasteiger partial charge in [-0.2, -0.15) is 39.5 Å². The summed E-state index contributed by atoms with van der Waals surface area (Å²) >= 11 is 4.64. The summed E-state index contributed by atoms with van der Waals surface area (Å²) in [6.45, 7) is 36.7. The lowest BCUT2D eigenvalue weighted by Gasteiger charge is -2.40. The van der Waals surface area contributed by atoms with Crippen LogP contribution in [0.1, 0.15) is 101 Å². The fourth-order valence-corrected chi connectivity index (χ4v) is 10.3. The third-order valence-corrected chi connectivity index (χ3v) is 15.6. The van der Waals surface area contributed by atoms with Crippen molar-refractivity contribution < 1.29 is 63.4 Å². The number of halogens is 12. The van der Waals surface area contributed by atoms with Crippen molar-refractivity contribution in [1.29, 1.82) is 0 Å². The van der Waals surface area contributed by atoms with Crippen LogP contribution >= 0.6 is 36.4 Å².